The first-order chi connectivity index (χ1) is 10.2. The second-order valence-corrected chi connectivity index (χ2v) is 5.49. The van der Waals surface area contributed by atoms with E-state index in [-0.39, 0.29) is 5.78 Å². The minimum atomic E-state index is 0.183. The van der Waals surface area contributed by atoms with Crippen molar-refractivity contribution in [2.45, 2.75) is 12.8 Å². The zero-order valence-electron chi connectivity index (χ0n) is 11.7. The van der Waals surface area contributed by atoms with Crippen LogP contribution in [0.15, 0.2) is 42.5 Å². The molecule has 1 aliphatic carbocycles. The van der Waals surface area contributed by atoms with E-state index in [2.05, 4.69) is 0 Å². The van der Waals surface area contributed by atoms with Crippen molar-refractivity contribution in [2.24, 2.45) is 0 Å². The highest BCUT2D eigenvalue weighted by molar-refractivity contribution is 6.30. The van der Waals surface area contributed by atoms with Crippen LogP contribution in [0, 0.1) is 0 Å². The van der Waals surface area contributed by atoms with Gasteiger partial charge in [0, 0.05) is 17.0 Å². The number of ketones is 1. The predicted octanol–water partition coefficient (Wildman–Crippen LogP) is 4.40. The molecule has 0 heterocycles. The number of rotatable bonds is 2. The summed E-state index contributed by atoms with van der Waals surface area (Å²) in [7, 11) is 1.65. The van der Waals surface area contributed by atoms with Gasteiger partial charge < -0.3 is 4.74 Å². The second-order valence-electron chi connectivity index (χ2n) is 5.06. The van der Waals surface area contributed by atoms with E-state index >= 15 is 0 Å². The van der Waals surface area contributed by atoms with Gasteiger partial charge in [0.15, 0.2) is 5.78 Å². The molecule has 0 aliphatic heterocycles. The highest BCUT2D eigenvalue weighted by Crippen LogP contribution is 2.32. The Kier molecular flexibility index (Phi) is 3.80. The molecule has 0 amide bonds. The van der Waals surface area contributed by atoms with Crippen molar-refractivity contribution in [3.05, 3.63) is 64.2 Å². The Morgan fingerprint density at radius 2 is 1.86 bits per heavy atom. The zero-order chi connectivity index (χ0) is 14.8. The van der Waals surface area contributed by atoms with Gasteiger partial charge in [-0.1, -0.05) is 29.8 Å². The quantitative estimate of drug-likeness (QED) is 0.768. The number of hydrogen-bond donors (Lipinski definition) is 0. The molecule has 0 aromatic heterocycles. The van der Waals surface area contributed by atoms with Crippen LogP contribution in [0.1, 0.15) is 23.1 Å². The van der Waals surface area contributed by atoms with Gasteiger partial charge in [-0.05, 0) is 53.5 Å². The van der Waals surface area contributed by atoms with E-state index in [1.807, 2.05) is 48.5 Å². The number of carbonyl (C=O) groups is 1. The Morgan fingerprint density at radius 1 is 1.10 bits per heavy atom. The highest BCUT2D eigenvalue weighted by Gasteiger charge is 2.21. The van der Waals surface area contributed by atoms with Crippen molar-refractivity contribution >= 4 is 29.0 Å². The van der Waals surface area contributed by atoms with Crippen LogP contribution < -0.4 is 4.74 Å². The van der Waals surface area contributed by atoms with Crippen LogP contribution in [0.4, 0.5) is 0 Å². The Labute approximate surface area is 129 Å². The minimum Gasteiger partial charge on any atom is -0.497 e. The van der Waals surface area contributed by atoms with E-state index < -0.39 is 0 Å². The smallest absolute Gasteiger partial charge is 0.163 e. The van der Waals surface area contributed by atoms with Gasteiger partial charge >= 0.3 is 0 Å². The number of carbonyl (C=O) groups excluding carboxylic acids is 1. The van der Waals surface area contributed by atoms with Gasteiger partial charge in [0.05, 0.1) is 7.11 Å². The molecule has 1 aliphatic rings. The molecule has 21 heavy (non-hydrogen) atoms. The summed E-state index contributed by atoms with van der Waals surface area (Å²) in [4.78, 5) is 12.3. The molecule has 3 heteroatoms. The van der Waals surface area contributed by atoms with Gasteiger partial charge in [-0.25, -0.2) is 0 Å². The van der Waals surface area contributed by atoms with Crippen molar-refractivity contribution < 1.29 is 9.53 Å². The molecule has 2 nitrogen and oxygen atoms in total. The van der Waals surface area contributed by atoms with E-state index in [0.717, 1.165) is 34.4 Å². The first kappa shape index (κ1) is 13.9. The number of halogens is 1. The average Bonchev–Trinajstić information content (AvgIpc) is 2.51. The van der Waals surface area contributed by atoms with Crippen molar-refractivity contribution in [1.82, 2.24) is 0 Å². The molecule has 0 N–H and O–H groups in total. The normalized spacial score (nSPS) is 15.9. The molecule has 3 rings (SSSR count). The maximum Gasteiger partial charge on any atom is 0.163 e. The second kappa shape index (κ2) is 5.74. The average molecular weight is 299 g/mol. The first-order valence-corrected chi connectivity index (χ1v) is 7.23. The van der Waals surface area contributed by atoms with Crippen LogP contribution in [0.5, 0.6) is 5.75 Å². The fourth-order valence-electron chi connectivity index (χ4n) is 2.58. The molecule has 0 saturated carbocycles. The minimum absolute atomic E-state index is 0.183. The molecule has 106 valence electrons. The summed E-state index contributed by atoms with van der Waals surface area (Å²) in [5, 5.41) is 0.692. The fourth-order valence-corrected chi connectivity index (χ4v) is 2.71. The lowest BCUT2D eigenvalue weighted by Gasteiger charge is -2.19. The fraction of sp³-hybridized carbons (Fsp3) is 0.167. The van der Waals surface area contributed by atoms with E-state index in [9.17, 15) is 4.79 Å². The predicted molar refractivity (Wildman–Crippen MR) is 85.6 cm³/mol. The van der Waals surface area contributed by atoms with Crippen molar-refractivity contribution in [3.63, 3.8) is 0 Å². The lowest BCUT2D eigenvalue weighted by atomic mass is 9.85. The molecule has 0 radical (unpaired) electrons. The molecular formula is C18H15ClO2. The van der Waals surface area contributed by atoms with Gasteiger partial charge in [-0.15, -0.1) is 0 Å². The van der Waals surface area contributed by atoms with Gasteiger partial charge in [-0.3, -0.25) is 4.79 Å². The Morgan fingerprint density at radius 3 is 2.57 bits per heavy atom. The summed E-state index contributed by atoms with van der Waals surface area (Å²) in [5.41, 5.74) is 3.91. The molecular weight excluding hydrogens is 284 g/mol. The van der Waals surface area contributed by atoms with Crippen LogP contribution in [0.25, 0.3) is 11.6 Å². The van der Waals surface area contributed by atoms with E-state index in [1.54, 1.807) is 7.11 Å². The number of allylic oxidation sites excluding steroid dienone is 1. The Bertz CT molecular complexity index is 714. The number of methoxy groups -OCH3 is 1. The number of hydrogen-bond acceptors (Lipinski definition) is 2. The zero-order valence-corrected chi connectivity index (χ0v) is 12.5. The molecule has 0 saturated heterocycles. The molecule has 0 unspecified atom stereocenters. The number of fused-ring (bicyclic) bond motifs is 1. The van der Waals surface area contributed by atoms with Gasteiger partial charge in [0.25, 0.3) is 0 Å². The summed E-state index contributed by atoms with van der Waals surface area (Å²) in [5.74, 6) is 1.01. The number of Topliss-reactive ketones (excluding diaryl/α,β-unsaturated/α-hetero) is 1. The Balaban J connectivity index is 2.06. The molecule has 0 spiro atoms. The maximum absolute atomic E-state index is 12.3. The van der Waals surface area contributed by atoms with E-state index in [4.69, 9.17) is 16.3 Å². The summed E-state index contributed by atoms with van der Waals surface area (Å²) < 4.78 is 5.25. The molecule has 0 atom stereocenters. The third-order valence-electron chi connectivity index (χ3n) is 3.71. The van der Waals surface area contributed by atoms with Crippen LogP contribution in [-0.2, 0) is 11.2 Å². The van der Waals surface area contributed by atoms with Crippen molar-refractivity contribution in [3.8, 4) is 5.75 Å². The molecule has 2 aromatic carbocycles. The molecule has 0 fully saturated rings. The maximum atomic E-state index is 12.3. The van der Waals surface area contributed by atoms with E-state index in [1.165, 1.54) is 0 Å². The highest BCUT2D eigenvalue weighted by atomic mass is 35.5. The molecule has 0 bridgehead atoms. The van der Waals surface area contributed by atoms with Crippen LogP contribution >= 0.6 is 11.6 Å². The summed E-state index contributed by atoms with van der Waals surface area (Å²) >= 11 is 5.90. The third-order valence-corrected chi connectivity index (χ3v) is 3.96. The van der Waals surface area contributed by atoms with Crippen molar-refractivity contribution in [1.29, 1.82) is 0 Å². The van der Waals surface area contributed by atoms with E-state index in [0.29, 0.717) is 11.4 Å². The number of ether oxygens (including phenoxy) is 1. The monoisotopic (exact) mass is 298 g/mol. The number of benzene rings is 2. The SMILES string of the molecule is COc1ccc2c(c1)CCC(=O)/C2=C/c1ccc(Cl)cc1. The van der Waals surface area contributed by atoms with Crippen LogP contribution in [0.2, 0.25) is 5.02 Å². The van der Waals surface area contributed by atoms with Crippen LogP contribution in [-0.4, -0.2) is 12.9 Å². The summed E-state index contributed by atoms with van der Waals surface area (Å²) in [6.45, 7) is 0. The van der Waals surface area contributed by atoms with Gasteiger partial charge in [0.1, 0.15) is 5.75 Å². The summed E-state index contributed by atoms with van der Waals surface area (Å²) in [6, 6.07) is 13.4. The lowest BCUT2D eigenvalue weighted by molar-refractivity contribution is -0.113. The molecule has 2 aromatic rings. The summed E-state index contributed by atoms with van der Waals surface area (Å²) in [6.07, 6.45) is 3.24. The Hall–Kier alpha value is -2.06. The van der Waals surface area contributed by atoms with Crippen LogP contribution in [0.3, 0.4) is 0 Å². The van der Waals surface area contributed by atoms with Crippen molar-refractivity contribution in [2.75, 3.05) is 7.11 Å². The standard InChI is InChI=1S/C18H15ClO2/c1-21-15-7-8-16-13(11-15)4-9-18(20)17(16)10-12-2-5-14(19)6-3-12/h2-3,5-8,10-11H,4,9H2,1H3/b17-10+. The van der Waals surface area contributed by atoms with Gasteiger partial charge in [0.2, 0.25) is 0 Å². The topological polar surface area (TPSA) is 26.3 Å². The van der Waals surface area contributed by atoms with Gasteiger partial charge in [-0.2, -0.15) is 0 Å². The number of aryl methyl sites for hydroxylation is 1. The largest absolute Gasteiger partial charge is 0.497 e. The first-order valence-electron chi connectivity index (χ1n) is 6.85. The lowest BCUT2D eigenvalue weighted by Crippen LogP contribution is -2.12. The third kappa shape index (κ3) is 2.86.